The molecule has 1 heterocycles. The highest BCUT2D eigenvalue weighted by Crippen LogP contribution is 2.20. The van der Waals surface area contributed by atoms with E-state index in [9.17, 15) is 4.79 Å². The second-order valence-electron chi connectivity index (χ2n) is 5.71. The van der Waals surface area contributed by atoms with Crippen LogP contribution in [0.3, 0.4) is 0 Å². The van der Waals surface area contributed by atoms with Gasteiger partial charge in [-0.1, -0.05) is 23.3 Å². The summed E-state index contributed by atoms with van der Waals surface area (Å²) in [6, 6.07) is 5.58. The fourth-order valence-electron chi connectivity index (χ4n) is 2.86. The average molecular weight is 318 g/mol. The zero-order chi connectivity index (χ0) is 15.4. The summed E-state index contributed by atoms with van der Waals surface area (Å²) in [6.07, 6.45) is 9.97. The fraction of sp³-hybridized carbons (Fsp3) is 0.412. The van der Waals surface area contributed by atoms with Gasteiger partial charge >= 0.3 is 0 Å². The first-order valence-corrected chi connectivity index (χ1v) is 8.16. The van der Waals surface area contributed by atoms with Crippen molar-refractivity contribution in [3.05, 3.63) is 41.1 Å². The van der Waals surface area contributed by atoms with Crippen molar-refractivity contribution in [2.45, 2.75) is 38.6 Å². The van der Waals surface area contributed by atoms with Crippen molar-refractivity contribution in [3.8, 4) is 0 Å². The molecule has 4 nitrogen and oxygen atoms in total. The van der Waals surface area contributed by atoms with Gasteiger partial charge in [0.2, 0.25) is 5.91 Å². The molecule has 22 heavy (non-hydrogen) atoms. The van der Waals surface area contributed by atoms with Crippen molar-refractivity contribution in [1.29, 1.82) is 0 Å². The normalized spacial score (nSPS) is 14.9. The Kier molecular flexibility index (Phi) is 4.78. The van der Waals surface area contributed by atoms with Crippen LogP contribution in [-0.2, 0) is 11.3 Å². The van der Waals surface area contributed by atoms with Crippen LogP contribution in [-0.4, -0.2) is 22.2 Å². The Labute approximate surface area is 135 Å². The zero-order valence-corrected chi connectivity index (χ0v) is 13.3. The van der Waals surface area contributed by atoms with E-state index in [1.807, 2.05) is 18.2 Å². The maximum atomic E-state index is 12.1. The van der Waals surface area contributed by atoms with Crippen LogP contribution in [0.5, 0.6) is 0 Å². The molecular weight excluding hydrogens is 298 g/mol. The van der Waals surface area contributed by atoms with E-state index in [-0.39, 0.29) is 12.5 Å². The quantitative estimate of drug-likeness (QED) is 0.855. The van der Waals surface area contributed by atoms with Crippen LogP contribution in [0, 0.1) is 0 Å². The molecule has 3 rings (SSSR count). The van der Waals surface area contributed by atoms with Gasteiger partial charge in [0.1, 0.15) is 6.54 Å². The molecule has 116 valence electrons. The summed E-state index contributed by atoms with van der Waals surface area (Å²) < 4.78 is 1.69. The molecule has 0 unspecified atom stereocenters. The van der Waals surface area contributed by atoms with Crippen molar-refractivity contribution < 1.29 is 4.79 Å². The van der Waals surface area contributed by atoms with Crippen molar-refractivity contribution >= 4 is 28.4 Å². The number of fused-ring (bicyclic) bond motifs is 1. The number of aromatic nitrogens is 2. The van der Waals surface area contributed by atoms with Crippen LogP contribution in [0.4, 0.5) is 0 Å². The lowest BCUT2D eigenvalue weighted by molar-refractivity contribution is -0.121. The van der Waals surface area contributed by atoms with E-state index in [0.29, 0.717) is 11.6 Å². The van der Waals surface area contributed by atoms with Gasteiger partial charge < -0.3 is 5.32 Å². The Balaban J connectivity index is 1.54. The Morgan fingerprint density at radius 1 is 1.36 bits per heavy atom. The second kappa shape index (κ2) is 6.97. The van der Waals surface area contributed by atoms with Gasteiger partial charge in [0.05, 0.1) is 11.7 Å². The van der Waals surface area contributed by atoms with Crippen LogP contribution >= 0.6 is 11.6 Å². The number of nitrogens with zero attached hydrogens (tertiary/aromatic N) is 2. The van der Waals surface area contributed by atoms with Crippen molar-refractivity contribution in [3.63, 3.8) is 0 Å². The lowest BCUT2D eigenvalue weighted by Gasteiger charge is -2.13. The van der Waals surface area contributed by atoms with Crippen molar-refractivity contribution in [1.82, 2.24) is 15.1 Å². The standard InChI is InChI=1S/C17H20ClN3O/c18-15-7-6-14-11-20-21(16(14)10-15)12-17(22)19-9-8-13-4-2-1-3-5-13/h4,6-7,10-11H,1-3,5,8-9,12H2,(H,19,22). The highest BCUT2D eigenvalue weighted by atomic mass is 35.5. The van der Waals surface area contributed by atoms with E-state index in [1.165, 1.54) is 31.3 Å². The number of amides is 1. The zero-order valence-electron chi connectivity index (χ0n) is 12.5. The van der Waals surface area contributed by atoms with Gasteiger partial charge in [-0.2, -0.15) is 5.10 Å². The fourth-order valence-corrected chi connectivity index (χ4v) is 3.02. The van der Waals surface area contributed by atoms with Gasteiger partial charge in [0, 0.05) is 17.0 Å². The SMILES string of the molecule is O=C(Cn1ncc2ccc(Cl)cc21)NCCC1=CCCCC1. The van der Waals surface area contributed by atoms with E-state index in [2.05, 4.69) is 16.5 Å². The number of allylic oxidation sites excluding steroid dienone is 1. The predicted molar refractivity (Wildman–Crippen MR) is 88.9 cm³/mol. The van der Waals surface area contributed by atoms with Gasteiger partial charge in [-0.3, -0.25) is 9.48 Å². The van der Waals surface area contributed by atoms with E-state index in [0.717, 1.165) is 17.3 Å². The molecule has 1 aliphatic rings. The minimum atomic E-state index is -0.0126. The molecule has 0 saturated carbocycles. The van der Waals surface area contributed by atoms with Crippen LogP contribution in [0.1, 0.15) is 32.1 Å². The van der Waals surface area contributed by atoms with Crippen LogP contribution in [0.15, 0.2) is 36.0 Å². The number of halogens is 1. The molecular formula is C17H20ClN3O. The summed E-state index contributed by atoms with van der Waals surface area (Å²) in [5.41, 5.74) is 2.36. The summed E-state index contributed by atoms with van der Waals surface area (Å²) >= 11 is 6.01. The minimum absolute atomic E-state index is 0.0126. The van der Waals surface area contributed by atoms with Gasteiger partial charge in [0.15, 0.2) is 0 Å². The average Bonchev–Trinajstić information content (AvgIpc) is 2.90. The first-order chi connectivity index (χ1) is 10.7. The molecule has 0 saturated heterocycles. The van der Waals surface area contributed by atoms with E-state index < -0.39 is 0 Å². The summed E-state index contributed by atoms with van der Waals surface area (Å²) in [6.45, 7) is 0.924. The number of nitrogens with one attached hydrogen (secondary N) is 1. The van der Waals surface area contributed by atoms with Gasteiger partial charge in [-0.15, -0.1) is 0 Å². The lowest BCUT2D eigenvalue weighted by atomic mass is 9.97. The number of hydrogen-bond donors (Lipinski definition) is 1. The van der Waals surface area contributed by atoms with Crippen molar-refractivity contribution in [2.75, 3.05) is 6.54 Å². The number of rotatable bonds is 5. The third-order valence-electron chi connectivity index (χ3n) is 4.05. The largest absolute Gasteiger partial charge is 0.354 e. The first-order valence-electron chi connectivity index (χ1n) is 7.78. The third kappa shape index (κ3) is 3.69. The van der Waals surface area contributed by atoms with Gasteiger partial charge in [-0.25, -0.2) is 0 Å². The Hall–Kier alpha value is -1.81. The van der Waals surface area contributed by atoms with Gasteiger partial charge in [-0.05, 0) is 50.3 Å². The highest BCUT2D eigenvalue weighted by Gasteiger charge is 2.09. The van der Waals surface area contributed by atoms with E-state index in [4.69, 9.17) is 11.6 Å². The number of carbonyl (C=O) groups excluding carboxylic acids is 1. The molecule has 0 bridgehead atoms. The number of hydrogen-bond acceptors (Lipinski definition) is 2. The molecule has 0 atom stereocenters. The van der Waals surface area contributed by atoms with E-state index >= 15 is 0 Å². The third-order valence-corrected chi connectivity index (χ3v) is 4.29. The van der Waals surface area contributed by atoms with Crippen LogP contribution in [0.25, 0.3) is 10.9 Å². The Morgan fingerprint density at radius 2 is 2.27 bits per heavy atom. The molecule has 2 aromatic rings. The Morgan fingerprint density at radius 3 is 3.09 bits per heavy atom. The molecule has 1 N–H and O–H groups in total. The lowest BCUT2D eigenvalue weighted by Crippen LogP contribution is -2.29. The van der Waals surface area contributed by atoms with Crippen LogP contribution < -0.4 is 5.32 Å². The molecule has 0 radical (unpaired) electrons. The molecule has 1 aliphatic carbocycles. The monoisotopic (exact) mass is 317 g/mol. The van der Waals surface area contributed by atoms with Gasteiger partial charge in [0.25, 0.3) is 0 Å². The molecule has 1 aromatic heterocycles. The Bertz CT molecular complexity index is 705. The highest BCUT2D eigenvalue weighted by molar-refractivity contribution is 6.31. The summed E-state index contributed by atoms with van der Waals surface area (Å²) in [7, 11) is 0. The molecule has 0 spiro atoms. The summed E-state index contributed by atoms with van der Waals surface area (Å²) in [5.74, 6) is -0.0126. The first kappa shape index (κ1) is 15.1. The smallest absolute Gasteiger partial charge is 0.241 e. The van der Waals surface area contributed by atoms with Crippen LogP contribution in [0.2, 0.25) is 5.02 Å². The van der Waals surface area contributed by atoms with Crippen molar-refractivity contribution in [2.24, 2.45) is 0 Å². The maximum absolute atomic E-state index is 12.1. The summed E-state index contributed by atoms with van der Waals surface area (Å²) in [5, 5.41) is 8.88. The molecule has 1 aromatic carbocycles. The van der Waals surface area contributed by atoms with E-state index in [1.54, 1.807) is 10.9 Å². The summed E-state index contributed by atoms with van der Waals surface area (Å²) in [4.78, 5) is 12.1. The topological polar surface area (TPSA) is 46.9 Å². The molecule has 0 fully saturated rings. The number of carbonyl (C=O) groups is 1. The second-order valence-corrected chi connectivity index (χ2v) is 6.15. The molecule has 0 aliphatic heterocycles. The predicted octanol–water partition coefficient (Wildman–Crippen LogP) is 3.70. The molecule has 5 heteroatoms. The number of benzene rings is 1. The minimum Gasteiger partial charge on any atom is -0.354 e. The maximum Gasteiger partial charge on any atom is 0.241 e. The molecule has 1 amide bonds.